The molecule has 2 fully saturated rings. The summed E-state index contributed by atoms with van der Waals surface area (Å²) in [5.74, 6) is 0.586. The maximum atomic E-state index is 10.7. The lowest BCUT2D eigenvalue weighted by atomic mass is 9.80. The molecule has 60 valence electrons. The van der Waals surface area contributed by atoms with Crippen LogP contribution in [0.15, 0.2) is 0 Å². The van der Waals surface area contributed by atoms with E-state index < -0.39 is 0 Å². The van der Waals surface area contributed by atoms with Gasteiger partial charge in [0.2, 0.25) is 0 Å². The number of aldehydes is 2. The standard InChI is InChI=1S/C9H12O2/c10-5-8-3-1-2-7-4-9(7,8)6-11/h5-8H,1-4H2. The van der Waals surface area contributed by atoms with Gasteiger partial charge in [-0.2, -0.15) is 0 Å². The van der Waals surface area contributed by atoms with Crippen LogP contribution in [-0.2, 0) is 9.59 Å². The molecule has 0 spiro atoms. The molecular weight excluding hydrogens is 140 g/mol. The summed E-state index contributed by atoms with van der Waals surface area (Å²) >= 11 is 0. The van der Waals surface area contributed by atoms with Crippen LogP contribution < -0.4 is 0 Å². The van der Waals surface area contributed by atoms with E-state index in [-0.39, 0.29) is 11.3 Å². The SMILES string of the molecule is O=CC1CCCC2CC12C=O. The molecule has 0 radical (unpaired) electrons. The van der Waals surface area contributed by atoms with Crippen LogP contribution in [0.4, 0.5) is 0 Å². The second kappa shape index (κ2) is 2.16. The van der Waals surface area contributed by atoms with Crippen molar-refractivity contribution in [2.24, 2.45) is 17.3 Å². The van der Waals surface area contributed by atoms with E-state index in [1.54, 1.807) is 0 Å². The van der Waals surface area contributed by atoms with Gasteiger partial charge in [-0.15, -0.1) is 0 Å². The molecule has 0 aromatic carbocycles. The number of hydrogen-bond donors (Lipinski definition) is 0. The van der Waals surface area contributed by atoms with Crippen LogP contribution in [0.3, 0.4) is 0 Å². The topological polar surface area (TPSA) is 34.1 Å². The molecule has 2 rings (SSSR count). The van der Waals surface area contributed by atoms with E-state index in [1.807, 2.05) is 0 Å². The Morgan fingerprint density at radius 3 is 2.64 bits per heavy atom. The first-order valence-corrected chi connectivity index (χ1v) is 4.25. The Morgan fingerprint density at radius 2 is 2.09 bits per heavy atom. The van der Waals surface area contributed by atoms with Crippen LogP contribution in [0.25, 0.3) is 0 Å². The summed E-state index contributed by atoms with van der Waals surface area (Å²) in [5, 5.41) is 0. The van der Waals surface area contributed by atoms with E-state index in [2.05, 4.69) is 0 Å². The minimum absolute atomic E-state index is 0.0405. The van der Waals surface area contributed by atoms with Crippen LogP contribution in [0, 0.1) is 17.3 Å². The third-order valence-electron chi connectivity index (χ3n) is 3.34. The van der Waals surface area contributed by atoms with Gasteiger partial charge in [0.25, 0.3) is 0 Å². The van der Waals surface area contributed by atoms with Crippen LogP contribution in [-0.4, -0.2) is 12.6 Å². The molecular formula is C9H12O2. The number of carbonyl (C=O) groups excluding carboxylic acids is 2. The summed E-state index contributed by atoms with van der Waals surface area (Å²) in [6, 6.07) is 0. The maximum absolute atomic E-state index is 10.7. The number of carbonyl (C=O) groups is 2. The Labute approximate surface area is 66.0 Å². The molecule has 0 heterocycles. The molecule has 3 unspecified atom stereocenters. The molecule has 0 N–H and O–H groups in total. The Hall–Kier alpha value is -0.660. The lowest BCUT2D eigenvalue weighted by molar-refractivity contribution is -0.122. The van der Waals surface area contributed by atoms with Crippen molar-refractivity contribution in [1.29, 1.82) is 0 Å². The van der Waals surface area contributed by atoms with Gasteiger partial charge < -0.3 is 9.59 Å². The summed E-state index contributed by atoms with van der Waals surface area (Å²) in [6.45, 7) is 0. The largest absolute Gasteiger partial charge is 0.303 e. The Bertz CT molecular complexity index is 200. The first kappa shape index (κ1) is 7.01. The molecule has 0 bridgehead atoms. The molecule has 0 saturated heterocycles. The zero-order valence-electron chi connectivity index (χ0n) is 6.45. The first-order chi connectivity index (χ1) is 5.33. The first-order valence-electron chi connectivity index (χ1n) is 4.25. The second-order valence-corrected chi connectivity index (χ2v) is 3.80. The fourth-order valence-corrected chi connectivity index (χ4v) is 2.47. The van der Waals surface area contributed by atoms with E-state index in [9.17, 15) is 9.59 Å². The molecule has 2 heteroatoms. The lowest BCUT2D eigenvalue weighted by Crippen LogP contribution is -2.24. The summed E-state index contributed by atoms with van der Waals surface area (Å²) in [5.41, 5.74) is -0.194. The van der Waals surface area contributed by atoms with Gasteiger partial charge in [-0.3, -0.25) is 0 Å². The van der Waals surface area contributed by atoms with Crippen molar-refractivity contribution in [3.63, 3.8) is 0 Å². The van der Waals surface area contributed by atoms with Crippen LogP contribution in [0.5, 0.6) is 0 Å². The number of fused-ring (bicyclic) bond motifs is 1. The van der Waals surface area contributed by atoms with Gasteiger partial charge in [0.15, 0.2) is 0 Å². The van der Waals surface area contributed by atoms with Gasteiger partial charge in [0, 0.05) is 11.3 Å². The quantitative estimate of drug-likeness (QED) is 0.557. The van der Waals surface area contributed by atoms with E-state index >= 15 is 0 Å². The predicted octanol–water partition coefficient (Wildman–Crippen LogP) is 1.19. The van der Waals surface area contributed by atoms with Gasteiger partial charge in [-0.05, 0) is 25.2 Å². The highest BCUT2D eigenvalue weighted by atomic mass is 16.1. The van der Waals surface area contributed by atoms with Crippen LogP contribution >= 0.6 is 0 Å². The average molecular weight is 152 g/mol. The molecule has 2 aliphatic carbocycles. The number of rotatable bonds is 2. The third-order valence-corrected chi connectivity index (χ3v) is 3.34. The molecule has 3 atom stereocenters. The Balaban J connectivity index is 2.19. The van der Waals surface area contributed by atoms with E-state index in [0.29, 0.717) is 5.92 Å². The van der Waals surface area contributed by atoms with Crippen molar-refractivity contribution in [1.82, 2.24) is 0 Å². The molecule has 2 nitrogen and oxygen atoms in total. The lowest BCUT2D eigenvalue weighted by Gasteiger charge is -2.22. The fourth-order valence-electron chi connectivity index (χ4n) is 2.47. The summed E-state index contributed by atoms with van der Waals surface area (Å²) in [4.78, 5) is 21.3. The van der Waals surface area contributed by atoms with Crippen molar-refractivity contribution in [3.8, 4) is 0 Å². The van der Waals surface area contributed by atoms with Gasteiger partial charge in [0.05, 0.1) is 0 Å². The smallest absolute Gasteiger partial charge is 0.127 e. The van der Waals surface area contributed by atoms with Crippen LogP contribution in [0.1, 0.15) is 25.7 Å². The Morgan fingerprint density at radius 1 is 1.27 bits per heavy atom. The van der Waals surface area contributed by atoms with E-state index in [4.69, 9.17) is 0 Å². The predicted molar refractivity (Wildman–Crippen MR) is 40.0 cm³/mol. The zero-order valence-corrected chi connectivity index (χ0v) is 6.45. The van der Waals surface area contributed by atoms with E-state index in [0.717, 1.165) is 38.3 Å². The van der Waals surface area contributed by atoms with Gasteiger partial charge in [-0.1, -0.05) is 6.42 Å². The van der Waals surface area contributed by atoms with Crippen molar-refractivity contribution < 1.29 is 9.59 Å². The highest BCUT2D eigenvalue weighted by Crippen LogP contribution is 2.62. The third kappa shape index (κ3) is 0.784. The van der Waals surface area contributed by atoms with E-state index in [1.165, 1.54) is 0 Å². The zero-order chi connectivity index (χ0) is 7.90. The molecule has 2 aliphatic rings. The maximum Gasteiger partial charge on any atom is 0.127 e. The molecule has 0 amide bonds. The van der Waals surface area contributed by atoms with Gasteiger partial charge in [-0.25, -0.2) is 0 Å². The minimum Gasteiger partial charge on any atom is -0.303 e. The second-order valence-electron chi connectivity index (χ2n) is 3.80. The minimum atomic E-state index is -0.194. The summed E-state index contributed by atoms with van der Waals surface area (Å²) in [6.07, 6.45) is 6.19. The van der Waals surface area contributed by atoms with Crippen molar-refractivity contribution in [2.75, 3.05) is 0 Å². The van der Waals surface area contributed by atoms with Crippen LogP contribution in [0.2, 0.25) is 0 Å². The van der Waals surface area contributed by atoms with Crippen molar-refractivity contribution in [3.05, 3.63) is 0 Å². The van der Waals surface area contributed by atoms with Gasteiger partial charge in [0.1, 0.15) is 12.6 Å². The number of hydrogen-bond acceptors (Lipinski definition) is 2. The molecule has 0 aromatic heterocycles. The monoisotopic (exact) mass is 152 g/mol. The van der Waals surface area contributed by atoms with Crippen molar-refractivity contribution in [2.45, 2.75) is 25.7 Å². The molecule has 2 saturated carbocycles. The summed E-state index contributed by atoms with van der Waals surface area (Å²) < 4.78 is 0. The highest BCUT2D eigenvalue weighted by Gasteiger charge is 2.60. The van der Waals surface area contributed by atoms with Crippen molar-refractivity contribution >= 4 is 12.6 Å². The molecule has 11 heavy (non-hydrogen) atoms. The molecule has 0 aliphatic heterocycles. The average Bonchev–Trinajstić information content (AvgIpc) is 2.78. The summed E-state index contributed by atoms with van der Waals surface area (Å²) in [7, 11) is 0. The fraction of sp³-hybridized carbons (Fsp3) is 0.778. The normalized spacial score (nSPS) is 47.6. The van der Waals surface area contributed by atoms with Gasteiger partial charge >= 0.3 is 0 Å². The molecule has 0 aromatic rings. The highest BCUT2D eigenvalue weighted by molar-refractivity contribution is 5.73. The Kier molecular flexibility index (Phi) is 1.38.